The van der Waals surface area contributed by atoms with Crippen LogP contribution in [0.4, 0.5) is 5.69 Å². The van der Waals surface area contributed by atoms with Crippen LogP contribution in [0.5, 0.6) is 11.5 Å². The second-order valence-electron chi connectivity index (χ2n) is 6.31. The minimum atomic E-state index is -0.235. The molecule has 0 saturated heterocycles. The zero-order valence-corrected chi connectivity index (χ0v) is 15.6. The van der Waals surface area contributed by atoms with Crippen molar-refractivity contribution in [3.8, 4) is 11.5 Å². The van der Waals surface area contributed by atoms with Crippen molar-refractivity contribution in [2.45, 2.75) is 12.8 Å². The van der Waals surface area contributed by atoms with Crippen LogP contribution in [-0.4, -0.2) is 23.1 Å². The standard InChI is InChI=1S/C23H22N2O3/c1-28-22-9-7-19(16-21(22)26)8-10-23(27)25-20-4-2-3-18(15-20)6-5-17-11-13-24-14-12-17/h2-4,7-16,26H,5-6H2,1H3,(H,25,27)/b10-8+. The third-order valence-corrected chi connectivity index (χ3v) is 4.28. The average Bonchev–Trinajstić information content (AvgIpc) is 2.72. The number of hydrogen-bond acceptors (Lipinski definition) is 4. The van der Waals surface area contributed by atoms with Crippen LogP contribution in [0.1, 0.15) is 16.7 Å². The summed E-state index contributed by atoms with van der Waals surface area (Å²) in [6.45, 7) is 0. The Hall–Kier alpha value is -3.60. The van der Waals surface area contributed by atoms with E-state index >= 15 is 0 Å². The van der Waals surface area contributed by atoms with E-state index < -0.39 is 0 Å². The van der Waals surface area contributed by atoms with Crippen molar-refractivity contribution in [3.63, 3.8) is 0 Å². The smallest absolute Gasteiger partial charge is 0.248 e. The molecule has 0 spiro atoms. The van der Waals surface area contributed by atoms with E-state index in [4.69, 9.17) is 4.74 Å². The lowest BCUT2D eigenvalue weighted by Gasteiger charge is -2.06. The molecule has 0 fully saturated rings. The van der Waals surface area contributed by atoms with Crippen LogP contribution < -0.4 is 10.1 Å². The number of carbonyl (C=O) groups excluding carboxylic acids is 1. The molecule has 0 unspecified atom stereocenters. The zero-order valence-electron chi connectivity index (χ0n) is 15.6. The van der Waals surface area contributed by atoms with Gasteiger partial charge in [0.2, 0.25) is 5.91 Å². The molecule has 0 bridgehead atoms. The van der Waals surface area contributed by atoms with E-state index in [2.05, 4.69) is 10.3 Å². The van der Waals surface area contributed by atoms with E-state index in [0.29, 0.717) is 11.3 Å². The third kappa shape index (κ3) is 5.45. The number of aromatic hydroxyl groups is 1. The molecular formula is C23H22N2O3. The van der Waals surface area contributed by atoms with Crippen molar-refractivity contribution >= 4 is 17.7 Å². The molecule has 5 heteroatoms. The number of pyridine rings is 1. The SMILES string of the molecule is COc1ccc(/C=C/C(=O)Nc2cccc(CCc3ccncc3)c2)cc1O. The van der Waals surface area contributed by atoms with Crippen molar-refractivity contribution in [3.05, 3.63) is 89.8 Å². The molecule has 0 aliphatic heterocycles. The summed E-state index contributed by atoms with van der Waals surface area (Å²) in [5, 5.41) is 12.7. The molecule has 0 aliphatic carbocycles. The first-order chi connectivity index (χ1) is 13.6. The van der Waals surface area contributed by atoms with Crippen LogP contribution in [0.2, 0.25) is 0 Å². The van der Waals surface area contributed by atoms with Crippen LogP contribution in [0.3, 0.4) is 0 Å². The van der Waals surface area contributed by atoms with Gasteiger partial charge < -0.3 is 15.2 Å². The predicted octanol–water partition coefficient (Wildman–Crippen LogP) is 4.23. The minimum absolute atomic E-state index is 0.0342. The van der Waals surface area contributed by atoms with Gasteiger partial charge in [0.15, 0.2) is 11.5 Å². The maximum absolute atomic E-state index is 12.2. The van der Waals surface area contributed by atoms with Gasteiger partial charge in [0.25, 0.3) is 0 Å². The molecule has 3 rings (SSSR count). The van der Waals surface area contributed by atoms with Crippen LogP contribution in [0, 0.1) is 0 Å². The molecule has 142 valence electrons. The van der Waals surface area contributed by atoms with Gasteiger partial charge in [0, 0.05) is 24.2 Å². The lowest BCUT2D eigenvalue weighted by atomic mass is 10.0. The second kappa shape index (κ2) is 9.37. The average molecular weight is 374 g/mol. The highest BCUT2D eigenvalue weighted by Crippen LogP contribution is 2.26. The molecule has 0 radical (unpaired) electrons. The molecule has 1 heterocycles. The van der Waals surface area contributed by atoms with Gasteiger partial charge in [0.05, 0.1) is 7.11 Å². The molecule has 1 amide bonds. The Balaban J connectivity index is 1.58. The lowest BCUT2D eigenvalue weighted by molar-refractivity contribution is -0.111. The summed E-state index contributed by atoms with van der Waals surface area (Å²) in [4.78, 5) is 16.2. The topological polar surface area (TPSA) is 71.5 Å². The molecular weight excluding hydrogens is 352 g/mol. The zero-order chi connectivity index (χ0) is 19.8. The molecule has 28 heavy (non-hydrogen) atoms. The summed E-state index contributed by atoms with van der Waals surface area (Å²) < 4.78 is 5.01. The Morgan fingerprint density at radius 1 is 1.07 bits per heavy atom. The number of benzene rings is 2. The van der Waals surface area contributed by atoms with Gasteiger partial charge in [-0.15, -0.1) is 0 Å². The van der Waals surface area contributed by atoms with E-state index in [1.165, 1.54) is 18.7 Å². The van der Waals surface area contributed by atoms with E-state index in [9.17, 15) is 9.90 Å². The molecule has 5 nitrogen and oxygen atoms in total. The molecule has 0 aliphatic rings. The monoisotopic (exact) mass is 374 g/mol. The first-order valence-electron chi connectivity index (χ1n) is 8.98. The Morgan fingerprint density at radius 2 is 1.86 bits per heavy atom. The van der Waals surface area contributed by atoms with E-state index in [1.807, 2.05) is 36.4 Å². The number of anilines is 1. The van der Waals surface area contributed by atoms with Crippen molar-refractivity contribution in [1.82, 2.24) is 4.98 Å². The highest BCUT2D eigenvalue weighted by Gasteiger charge is 2.03. The number of phenols is 1. The van der Waals surface area contributed by atoms with Crippen LogP contribution >= 0.6 is 0 Å². The number of rotatable bonds is 7. The van der Waals surface area contributed by atoms with E-state index in [-0.39, 0.29) is 11.7 Å². The molecule has 1 aromatic heterocycles. The number of carbonyl (C=O) groups is 1. The first kappa shape index (κ1) is 19.2. The van der Waals surface area contributed by atoms with Gasteiger partial charge in [-0.2, -0.15) is 0 Å². The number of nitrogens with one attached hydrogen (secondary N) is 1. The Kier molecular flexibility index (Phi) is 6.41. The van der Waals surface area contributed by atoms with Gasteiger partial charge in [-0.3, -0.25) is 9.78 Å². The van der Waals surface area contributed by atoms with E-state index in [0.717, 1.165) is 24.1 Å². The van der Waals surface area contributed by atoms with Crippen LogP contribution in [-0.2, 0) is 17.6 Å². The number of methoxy groups -OCH3 is 1. The number of amides is 1. The fraction of sp³-hybridized carbons (Fsp3) is 0.130. The second-order valence-corrected chi connectivity index (χ2v) is 6.31. The van der Waals surface area contributed by atoms with Gasteiger partial charge in [-0.25, -0.2) is 0 Å². The van der Waals surface area contributed by atoms with Crippen molar-refractivity contribution in [2.24, 2.45) is 0 Å². The summed E-state index contributed by atoms with van der Waals surface area (Å²) in [7, 11) is 1.49. The number of ether oxygens (including phenoxy) is 1. The first-order valence-corrected chi connectivity index (χ1v) is 8.98. The summed E-state index contributed by atoms with van der Waals surface area (Å²) in [5.41, 5.74) is 3.84. The predicted molar refractivity (Wildman–Crippen MR) is 110 cm³/mol. The number of hydrogen-bond donors (Lipinski definition) is 2. The maximum Gasteiger partial charge on any atom is 0.248 e. The Morgan fingerprint density at radius 3 is 2.61 bits per heavy atom. The molecule has 0 atom stereocenters. The van der Waals surface area contributed by atoms with Crippen molar-refractivity contribution < 1.29 is 14.6 Å². The Labute approximate surface area is 164 Å². The normalized spacial score (nSPS) is 10.8. The van der Waals surface area contributed by atoms with Gasteiger partial charge in [-0.1, -0.05) is 18.2 Å². The number of aromatic nitrogens is 1. The minimum Gasteiger partial charge on any atom is -0.504 e. The molecule has 3 aromatic rings. The largest absolute Gasteiger partial charge is 0.504 e. The fourth-order valence-corrected chi connectivity index (χ4v) is 2.81. The van der Waals surface area contributed by atoms with Crippen LogP contribution in [0.15, 0.2) is 73.1 Å². The van der Waals surface area contributed by atoms with Crippen molar-refractivity contribution in [1.29, 1.82) is 0 Å². The number of phenolic OH excluding ortho intramolecular Hbond substituents is 1. The van der Waals surface area contributed by atoms with E-state index in [1.54, 1.807) is 36.7 Å². The highest BCUT2D eigenvalue weighted by molar-refractivity contribution is 6.02. The summed E-state index contributed by atoms with van der Waals surface area (Å²) in [5.74, 6) is 0.193. The Bertz CT molecular complexity index is 969. The quantitative estimate of drug-likeness (QED) is 0.607. The molecule has 0 saturated carbocycles. The molecule has 2 N–H and O–H groups in total. The summed E-state index contributed by atoms with van der Waals surface area (Å²) in [6.07, 6.45) is 8.46. The summed E-state index contributed by atoms with van der Waals surface area (Å²) >= 11 is 0. The number of aryl methyl sites for hydroxylation is 2. The van der Waals surface area contributed by atoms with Gasteiger partial charge in [-0.05, 0) is 72.0 Å². The number of nitrogens with zero attached hydrogens (tertiary/aromatic N) is 1. The maximum atomic E-state index is 12.2. The van der Waals surface area contributed by atoms with Gasteiger partial charge in [0.1, 0.15) is 0 Å². The highest BCUT2D eigenvalue weighted by atomic mass is 16.5. The fourth-order valence-electron chi connectivity index (χ4n) is 2.81. The van der Waals surface area contributed by atoms with Gasteiger partial charge >= 0.3 is 0 Å². The lowest BCUT2D eigenvalue weighted by Crippen LogP contribution is -2.08. The summed E-state index contributed by atoms with van der Waals surface area (Å²) in [6, 6.07) is 16.8. The molecule has 2 aromatic carbocycles. The van der Waals surface area contributed by atoms with Crippen LogP contribution in [0.25, 0.3) is 6.08 Å². The van der Waals surface area contributed by atoms with Crippen molar-refractivity contribution in [2.75, 3.05) is 12.4 Å². The third-order valence-electron chi connectivity index (χ3n) is 4.28.